The van der Waals surface area contributed by atoms with Gasteiger partial charge in [0, 0.05) is 12.6 Å². The average Bonchev–Trinajstić information content (AvgIpc) is 2.54. The van der Waals surface area contributed by atoms with Crippen LogP contribution in [-0.4, -0.2) is 23.5 Å². The Morgan fingerprint density at radius 3 is 3.07 bits per heavy atom. The van der Waals surface area contributed by atoms with Crippen molar-refractivity contribution < 1.29 is 14.5 Å². The standard InChI is InChI=1S/C10H16N2O3/c1-4-5-6-11-14-9(13)10(3)7-8(2)12-15-10/h6H,4-5,7H2,1-3H3/b11-6+. The highest BCUT2D eigenvalue weighted by atomic mass is 16.7. The summed E-state index contributed by atoms with van der Waals surface area (Å²) in [4.78, 5) is 21.3. The molecule has 1 unspecified atom stereocenters. The first-order valence-corrected chi connectivity index (χ1v) is 5.03. The van der Waals surface area contributed by atoms with Gasteiger partial charge < -0.3 is 9.68 Å². The van der Waals surface area contributed by atoms with Crippen LogP contribution in [0.2, 0.25) is 0 Å². The maximum atomic E-state index is 11.5. The van der Waals surface area contributed by atoms with Crippen LogP contribution in [0.4, 0.5) is 0 Å². The molecular weight excluding hydrogens is 196 g/mol. The molecule has 1 aliphatic rings. The van der Waals surface area contributed by atoms with Crippen LogP contribution in [0, 0.1) is 0 Å². The summed E-state index contributed by atoms with van der Waals surface area (Å²) >= 11 is 0. The average molecular weight is 212 g/mol. The molecule has 0 aromatic rings. The molecule has 0 bridgehead atoms. The van der Waals surface area contributed by atoms with Crippen molar-refractivity contribution in [1.82, 2.24) is 0 Å². The fourth-order valence-electron chi connectivity index (χ4n) is 1.20. The van der Waals surface area contributed by atoms with Crippen molar-refractivity contribution in [3.8, 4) is 0 Å². The molecule has 1 atom stereocenters. The van der Waals surface area contributed by atoms with Gasteiger partial charge in [0.2, 0.25) is 5.60 Å². The van der Waals surface area contributed by atoms with Crippen LogP contribution in [0.1, 0.15) is 40.0 Å². The summed E-state index contributed by atoms with van der Waals surface area (Å²) in [6.45, 7) is 5.47. The Labute approximate surface area is 89.1 Å². The maximum Gasteiger partial charge on any atom is 0.381 e. The molecule has 1 aliphatic heterocycles. The maximum absolute atomic E-state index is 11.5. The van der Waals surface area contributed by atoms with Crippen LogP contribution in [0.25, 0.3) is 0 Å². The van der Waals surface area contributed by atoms with E-state index in [4.69, 9.17) is 9.68 Å². The SMILES string of the molecule is CCC/C=N/OC(=O)C1(C)CC(C)=NO1. The number of unbranched alkanes of at least 4 members (excludes halogenated alkanes) is 1. The fraction of sp³-hybridized carbons (Fsp3) is 0.700. The van der Waals surface area contributed by atoms with Gasteiger partial charge in [-0.2, -0.15) is 0 Å². The summed E-state index contributed by atoms with van der Waals surface area (Å²) in [7, 11) is 0. The normalized spacial score (nSPS) is 25.1. The highest BCUT2D eigenvalue weighted by Gasteiger charge is 2.42. The van der Waals surface area contributed by atoms with Crippen LogP contribution >= 0.6 is 0 Å². The molecule has 15 heavy (non-hydrogen) atoms. The molecule has 0 aliphatic carbocycles. The second-order valence-electron chi connectivity index (χ2n) is 3.78. The lowest BCUT2D eigenvalue weighted by Gasteiger charge is -2.16. The fourth-order valence-corrected chi connectivity index (χ4v) is 1.20. The number of nitrogens with zero attached hydrogens (tertiary/aromatic N) is 2. The largest absolute Gasteiger partial charge is 0.381 e. The summed E-state index contributed by atoms with van der Waals surface area (Å²) in [5.41, 5.74) is -0.222. The van der Waals surface area contributed by atoms with Crippen LogP contribution in [0.3, 0.4) is 0 Å². The van der Waals surface area contributed by atoms with Crippen LogP contribution in [-0.2, 0) is 14.5 Å². The van der Waals surface area contributed by atoms with Crippen molar-refractivity contribution in [2.24, 2.45) is 10.3 Å². The molecule has 0 amide bonds. The van der Waals surface area contributed by atoms with E-state index in [2.05, 4.69) is 10.3 Å². The molecule has 0 fully saturated rings. The molecule has 0 aromatic carbocycles. The summed E-state index contributed by atoms with van der Waals surface area (Å²) < 4.78 is 0. The third-order valence-corrected chi connectivity index (χ3v) is 2.06. The van der Waals surface area contributed by atoms with Gasteiger partial charge >= 0.3 is 5.97 Å². The Kier molecular flexibility index (Phi) is 3.82. The van der Waals surface area contributed by atoms with Gasteiger partial charge in [0.05, 0.1) is 5.71 Å². The van der Waals surface area contributed by atoms with Crippen molar-refractivity contribution in [3.05, 3.63) is 0 Å². The minimum atomic E-state index is -1.01. The Bertz CT molecular complexity index is 299. The van der Waals surface area contributed by atoms with E-state index in [1.54, 1.807) is 20.1 Å². The lowest BCUT2D eigenvalue weighted by atomic mass is 10.0. The molecule has 0 saturated heterocycles. The lowest BCUT2D eigenvalue weighted by molar-refractivity contribution is -0.167. The molecule has 0 spiro atoms. The van der Waals surface area contributed by atoms with Crippen molar-refractivity contribution in [2.45, 2.75) is 45.6 Å². The Morgan fingerprint density at radius 1 is 1.80 bits per heavy atom. The van der Waals surface area contributed by atoms with Crippen molar-refractivity contribution in [3.63, 3.8) is 0 Å². The molecule has 0 saturated carbocycles. The molecule has 0 aromatic heterocycles. The van der Waals surface area contributed by atoms with Crippen molar-refractivity contribution in [1.29, 1.82) is 0 Å². The first-order chi connectivity index (χ1) is 7.08. The van der Waals surface area contributed by atoms with Gasteiger partial charge in [-0.25, -0.2) is 4.79 Å². The zero-order valence-electron chi connectivity index (χ0n) is 9.32. The monoisotopic (exact) mass is 212 g/mol. The number of hydrogen-bond donors (Lipinski definition) is 0. The van der Waals surface area contributed by atoms with Gasteiger partial charge in [0.15, 0.2) is 0 Å². The number of oxime groups is 2. The molecule has 0 N–H and O–H groups in total. The number of carbonyl (C=O) groups excluding carboxylic acids is 1. The lowest BCUT2D eigenvalue weighted by Crippen LogP contribution is -2.36. The Hall–Kier alpha value is -1.39. The van der Waals surface area contributed by atoms with E-state index in [1.807, 2.05) is 6.92 Å². The van der Waals surface area contributed by atoms with Crippen molar-refractivity contribution >= 4 is 17.9 Å². The second-order valence-corrected chi connectivity index (χ2v) is 3.78. The van der Waals surface area contributed by atoms with E-state index in [9.17, 15) is 4.79 Å². The summed E-state index contributed by atoms with van der Waals surface area (Å²) in [6.07, 6.45) is 3.79. The van der Waals surface area contributed by atoms with Gasteiger partial charge in [-0.15, -0.1) is 0 Å². The minimum Gasteiger partial charge on any atom is -0.377 e. The van der Waals surface area contributed by atoms with E-state index in [1.165, 1.54) is 0 Å². The molecule has 5 nitrogen and oxygen atoms in total. The van der Waals surface area contributed by atoms with Gasteiger partial charge in [-0.05, 0) is 20.3 Å². The highest BCUT2D eigenvalue weighted by Crippen LogP contribution is 2.24. The predicted octanol–water partition coefficient (Wildman–Crippen LogP) is 1.87. The van der Waals surface area contributed by atoms with E-state index in [-0.39, 0.29) is 0 Å². The van der Waals surface area contributed by atoms with Crippen LogP contribution in [0.5, 0.6) is 0 Å². The minimum absolute atomic E-state index is 0.454. The van der Waals surface area contributed by atoms with Gasteiger partial charge in [-0.1, -0.05) is 23.7 Å². The van der Waals surface area contributed by atoms with Crippen LogP contribution in [0.15, 0.2) is 10.3 Å². The van der Waals surface area contributed by atoms with Crippen molar-refractivity contribution in [2.75, 3.05) is 0 Å². The molecule has 1 heterocycles. The Morgan fingerprint density at radius 2 is 2.53 bits per heavy atom. The van der Waals surface area contributed by atoms with E-state index in [0.29, 0.717) is 6.42 Å². The third-order valence-electron chi connectivity index (χ3n) is 2.06. The smallest absolute Gasteiger partial charge is 0.377 e. The third kappa shape index (κ3) is 3.04. The zero-order valence-corrected chi connectivity index (χ0v) is 9.32. The first kappa shape index (κ1) is 11.7. The predicted molar refractivity (Wildman–Crippen MR) is 56.7 cm³/mol. The number of hydrogen-bond acceptors (Lipinski definition) is 5. The number of rotatable bonds is 4. The first-order valence-electron chi connectivity index (χ1n) is 5.03. The van der Waals surface area contributed by atoms with E-state index >= 15 is 0 Å². The Balaban J connectivity index is 2.41. The van der Waals surface area contributed by atoms with Gasteiger partial charge in [0.25, 0.3) is 0 Å². The molecule has 1 rings (SSSR count). The summed E-state index contributed by atoms with van der Waals surface area (Å²) in [5.74, 6) is -0.504. The topological polar surface area (TPSA) is 60.2 Å². The number of carbonyl (C=O) groups is 1. The van der Waals surface area contributed by atoms with E-state index < -0.39 is 11.6 Å². The quantitative estimate of drug-likeness (QED) is 0.406. The molecule has 0 radical (unpaired) electrons. The van der Waals surface area contributed by atoms with Gasteiger partial charge in [0.1, 0.15) is 0 Å². The van der Waals surface area contributed by atoms with E-state index in [0.717, 1.165) is 18.6 Å². The molecular formula is C10H16N2O3. The molecule has 5 heteroatoms. The molecule has 84 valence electrons. The highest BCUT2D eigenvalue weighted by molar-refractivity contribution is 5.92. The zero-order chi connectivity index (χ0) is 11.3. The second kappa shape index (κ2) is 4.91. The van der Waals surface area contributed by atoms with Crippen LogP contribution < -0.4 is 0 Å². The summed E-state index contributed by atoms with van der Waals surface area (Å²) in [5, 5.41) is 7.29. The summed E-state index contributed by atoms with van der Waals surface area (Å²) in [6, 6.07) is 0. The van der Waals surface area contributed by atoms with Gasteiger partial charge in [-0.3, -0.25) is 0 Å².